The maximum atomic E-state index is 9.08. The Bertz CT molecular complexity index is 1190. The number of methoxy groups -OCH3 is 1. The molecule has 0 amide bonds. The van der Waals surface area contributed by atoms with Crippen LogP contribution in [0.4, 0.5) is 11.6 Å². The number of anilines is 2. The summed E-state index contributed by atoms with van der Waals surface area (Å²) >= 11 is 0. The van der Waals surface area contributed by atoms with Gasteiger partial charge < -0.3 is 14.2 Å². The van der Waals surface area contributed by atoms with Gasteiger partial charge in [-0.3, -0.25) is 15.1 Å². The SMILES string of the molecule is COCc1cnc2ccc(CN3NNc4ncc(-c5cnn(CCO)c5)nc43)cn12. The highest BCUT2D eigenvalue weighted by Crippen LogP contribution is 2.29. The molecule has 30 heavy (non-hydrogen) atoms. The van der Waals surface area contributed by atoms with E-state index >= 15 is 0 Å². The van der Waals surface area contributed by atoms with E-state index in [1.54, 1.807) is 24.2 Å². The molecule has 3 N–H and O–H groups in total. The molecule has 1 aliphatic rings. The summed E-state index contributed by atoms with van der Waals surface area (Å²) in [6.07, 6.45) is 9.13. The molecule has 5 rings (SSSR count). The highest BCUT2D eigenvalue weighted by Gasteiger charge is 2.23. The third-order valence-corrected chi connectivity index (χ3v) is 4.85. The van der Waals surface area contributed by atoms with Crippen molar-refractivity contribution in [2.75, 3.05) is 24.2 Å². The van der Waals surface area contributed by atoms with Gasteiger partial charge in [-0.15, -0.1) is 5.53 Å². The third-order valence-electron chi connectivity index (χ3n) is 4.85. The minimum atomic E-state index is 0.0337. The summed E-state index contributed by atoms with van der Waals surface area (Å²) in [6, 6.07) is 4.02. The van der Waals surface area contributed by atoms with Gasteiger partial charge in [-0.25, -0.2) is 15.0 Å². The zero-order valence-corrected chi connectivity index (χ0v) is 16.4. The smallest absolute Gasteiger partial charge is 0.190 e. The van der Waals surface area contributed by atoms with Crippen LogP contribution in [0.5, 0.6) is 0 Å². The van der Waals surface area contributed by atoms with Crippen LogP contribution in [-0.2, 0) is 24.4 Å². The van der Waals surface area contributed by atoms with E-state index in [9.17, 15) is 0 Å². The van der Waals surface area contributed by atoms with Gasteiger partial charge in [0.1, 0.15) is 5.65 Å². The minimum absolute atomic E-state index is 0.0337. The topological polar surface area (TPSA) is 118 Å². The van der Waals surface area contributed by atoms with E-state index in [1.165, 1.54) is 0 Å². The number of pyridine rings is 1. The van der Waals surface area contributed by atoms with Crippen LogP contribution < -0.4 is 16.0 Å². The van der Waals surface area contributed by atoms with Crippen LogP contribution in [0.3, 0.4) is 0 Å². The second-order valence-electron chi connectivity index (χ2n) is 6.91. The van der Waals surface area contributed by atoms with Gasteiger partial charge in [0, 0.05) is 25.1 Å². The summed E-state index contributed by atoms with van der Waals surface area (Å²) in [5, 5.41) is 15.2. The Labute approximate surface area is 171 Å². The zero-order chi connectivity index (χ0) is 20.5. The Kier molecular flexibility index (Phi) is 4.75. The highest BCUT2D eigenvalue weighted by atomic mass is 16.5. The summed E-state index contributed by atoms with van der Waals surface area (Å²) in [5.74, 6) is 1.36. The number of hydrogen-bond acceptors (Lipinski definition) is 9. The van der Waals surface area contributed by atoms with Gasteiger partial charge in [0.05, 0.1) is 56.3 Å². The summed E-state index contributed by atoms with van der Waals surface area (Å²) in [4.78, 5) is 13.6. The first kappa shape index (κ1) is 18.5. The molecule has 0 unspecified atom stereocenters. The number of rotatable bonds is 7. The van der Waals surface area contributed by atoms with Crippen LogP contribution in [0, 0.1) is 0 Å². The van der Waals surface area contributed by atoms with Gasteiger partial charge in [0.25, 0.3) is 0 Å². The molecule has 0 saturated heterocycles. The Morgan fingerprint density at radius 2 is 2.07 bits per heavy atom. The maximum absolute atomic E-state index is 9.08. The Balaban J connectivity index is 1.41. The van der Waals surface area contributed by atoms with Crippen LogP contribution in [0.2, 0.25) is 0 Å². The largest absolute Gasteiger partial charge is 0.394 e. The van der Waals surface area contributed by atoms with E-state index in [4.69, 9.17) is 14.8 Å². The van der Waals surface area contributed by atoms with Gasteiger partial charge in [0.15, 0.2) is 11.6 Å². The van der Waals surface area contributed by atoms with E-state index < -0.39 is 0 Å². The van der Waals surface area contributed by atoms with Crippen LogP contribution in [0.25, 0.3) is 16.9 Å². The molecule has 0 saturated carbocycles. The average molecular weight is 407 g/mol. The fraction of sp³-hybridized carbons (Fsp3) is 0.263. The molecular formula is C19H21N9O2. The van der Waals surface area contributed by atoms with Crippen molar-refractivity contribution < 1.29 is 9.84 Å². The summed E-state index contributed by atoms with van der Waals surface area (Å²) in [5.41, 5.74) is 10.6. The lowest BCUT2D eigenvalue weighted by atomic mass is 10.2. The van der Waals surface area contributed by atoms with Crippen molar-refractivity contribution in [2.45, 2.75) is 19.7 Å². The average Bonchev–Trinajstić information content (AvgIpc) is 3.48. The van der Waals surface area contributed by atoms with Crippen molar-refractivity contribution >= 4 is 17.3 Å². The predicted molar refractivity (Wildman–Crippen MR) is 109 cm³/mol. The van der Waals surface area contributed by atoms with Crippen LogP contribution in [-0.4, -0.2) is 48.0 Å². The van der Waals surface area contributed by atoms with Gasteiger partial charge >= 0.3 is 0 Å². The number of fused-ring (bicyclic) bond motifs is 2. The Hall–Kier alpha value is -3.54. The fourth-order valence-corrected chi connectivity index (χ4v) is 3.41. The molecule has 1 aliphatic heterocycles. The number of hydrazine groups is 2. The number of aliphatic hydroxyl groups is 1. The van der Waals surface area contributed by atoms with Gasteiger partial charge in [-0.05, 0) is 11.6 Å². The van der Waals surface area contributed by atoms with Gasteiger partial charge in [-0.1, -0.05) is 6.07 Å². The molecule has 4 aromatic heterocycles. The van der Waals surface area contributed by atoms with Gasteiger partial charge in [0.2, 0.25) is 0 Å². The van der Waals surface area contributed by atoms with Gasteiger partial charge in [-0.2, -0.15) is 5.10 Å². The van der Waals surface area contributed by atoms with E-state index in [1.807, 2.05) is 40.1 Å². The second-order valence-corrected chi connectivity index (χ2v) is 6.91. The summed E-state index contributed by atoms with van der Waals surface area (Å²) < 4.78 is 8.96. The van der Waals surface area contributed by atoms with Crippen molar-refractivity contribution in [1.29, 1.82) is 0 Å². The first-order valence-electron chi connectivity index (χ1n) is 9.49. The Morgan fingerprint density at radius 3 is 2.93 bits per heavy atom. The lowest BCUT2D eigenvalue weighted by molar-refractivity contribution is 0.181. The molecular weight excluding hydrogens is 386 g/mol. The monoisotopic (exact) mass is 407 g/mol. The summed E-state index contributed by atoms with van der Waals surface area (Å²) in [6.45, 7) is 1.54. The van der Waals surface area contributed by atoms with E-state index in [0.29, 0.717) is 37.0 Å². The molecule has 0 atom stereocenters. The second kappa shape index (κ2) is 7.71. The number of imidazole rings is 1. The molecule has 0 aromatic carbocycles. The highest BCUT2D eigenvalue weighted by molar-refractivity contribution is 5.69. The number of hydrogen-bond donors (Lipinski definition) is 3. The van der Waals surface area contributed by atoms with Crippen molar-refractivity contribution in [2.24, 2.45) is 0 Å². The van der Waals surface area contributed by atoms with E-state index in [-0.39, 0.29) is 6.61 Å². The summed E-state index contributed by atoms with van der Waals surface area (Å²) in [7, 11) is 1.67. The molecule has 5 heterocycles. The quantitative estimate of drug-likeness (QED) is 0.412. The normalized spacial score (nSPS) is 13.1. The fourth-order valence-electron chi connectivity index (χ4n) is 3.41. The first-order valence-corrected chi connectivity index (χ1v) is 9.49. The standard InChI is InChI=1S/C19H21N9O2/c1-30-12-15-7-20-17-3-2-13(9-27(15)17)10-28-19-18(24-25-28)21-8-16(23-19)14-6-22-26(11-14)4-5-29/h2-3,6-9,11,25,29H,4-5,10,12H2,1H3,(H,21,24). The molecule has 0 aliphatic carbocycles. The third kappa shape index (κ3) is 3.34. The van der Waals surface area contributed by atoms with Crippen molar-refractivity contribution in [3.05, 3.63) is 54.4 Å². The molecule has 154 valence electrons. The Morgan fingerprint density at radius 1 is 1.13 bits per heavy atom. The number of nitrogens with zero attached hydrogens (tertiary/aromatic N) is 7. The van der Waals surface area contributed by atoms with E-state index in [2.05, 4.69) is 26.0 Å². The van der Waals surface area contributed by atoms with Crippen LogP contribution in [0.15, 0.2) is 43.1 Å². The molecule has 0 bridgehead atoms. The van der Waals surface area contributed by atoms with Crippen molar-refractivity contribution in [3.8, 4) is 11.3 Å². The molecule has 0 spiro atoms. The zero-order valence-electron chi connectivity index (χ0n) is 16.4. The molecule has 0 fully saturated rings. The lowest BCUT2D eigenvalue weighted by Crippen LogP contribution is -2.35. The predicted octanol–water partition coefficient (Wildman–Crippen LogP) is 0.978. The number of ether oxygens (including phenoxy) is 1. The number of aliphatic hydroxyl groups excluding tert-OH is 1. The lowest BCUT2D eigenvalue weighted by Gasteiger charge is -2.17. The molecule has 0 radical (unpaired) electrons. The van der Waals surface area contributed by atoms with Crippen molar-refractivity contribution in [3.63, 3.8) is 0 Å². The number of aromatic nitrogens is 6. The molecule has 11 nitrogen and oxygen atoms in total. The van der Waals surface area contributed by atoms with E-state index in [0.717, 1.165) is 22.5 Å². The minimum Gasteiger partial charge on any atom is -0.394 e. The van der Waals surface area contributed by atoms with Crippen molar-refractivity contribution in [1.82, 2.24) is 34.7 Å². The maximum Gasteiger partial charge on any atom is 0.190 e. The number of nitrogens with one attached hydrogen (secondary N) is 2. The van der Waals surface area contributed by atoms with Crippen LogP contribution in [0.1, 0.15) is 11.3 Å². The van der Waals surface area contributed by atoms with Crippen LogP contribution >= 0.6 is 0 Å². The molecule has 11 heteroatoms. The first-order chi connectivity index (χ1) is 14.7. The molecule has 4 aromatic rings.